The van der Waals surface area contributed by atoms with Gasteiger partial charge in [-0.1, -0.05) is 30.3 Å². The van der Waals surface area contributed by atoms with E-state index in [2.05, 4.69) is 10.1 Å². The maximum Gasteiger partial charge on any atom is 0.337 e. The van der Waals surface area contributed by atoms with E-state index in [9.17, 15) is 9.59 Å². The molecule has 0 bridgehead atoms. The highest BCUT2D eigenvalue weighted by Crippen LogP contribution is 2.06. The zero-order valence-electron chi connectivity index (χ0n) is 11.1. The quantitative estimate of drug-likeness (QED) is 0.867. The van der Waals surface area contributed by atoms with Crippen LogP contribution in [0.4, 0.5) is 0 Å². The van der Waals surface area contributed by atoms with Crippen molar-refractivity contribution in [1.82, 2.24) is 5.32 Å². The molecule has 0 heterocycles. The van der Waals surface area contributed by atoms with E-state index >= 15 is 0 Å². The summed E-state index contributed by atoms with van der Waals surface area (Å²) in [6.45, 7) is 0.471. The lowest BCUT2D eigenvalue weighted by Gasteiger charge is -2.06. The van der Waals surface area contributed by atoms with Gasteiger partial charge in [-0.2, -0.15) is 0 Å². The van der Waals surface area contributed by atoms with E-state index in [1.165, 1.54) is 7.11 Å². The van der Waals surface area contributed by atoms with Crippen molar-refractivity contribution in [1.29, 1.82) is 0 Å². The average Bonchev–Trinajstić information content (AvgIpc) is 2.53. The molecular formula is C16H15NO3. The van der Waals surface area contributed by atoms with Gasteiger partial charge in [0.2, 0.25) is 0 Å². The summed E-state index contributed by atoms with van der Waals surface area (Å²) < 4.78 is 4.60. The second kappa shape index (κ2) is 6.52. The smallest absolute Gasteiger partial charge is 0.337 e. The number of carbonyl (C=O) groups excluding carboxylic acids is 2. The highest BCUT2D eigenvalue weighted by molar-refractivity contribution is 5.96. The highest BCUT2D eigenvalue weighted by atomic mass is 16.5. The Labute approximate surface area is 117 Å². The summed E-state index contributed by atoms with van der Waals surface area (Å²) in [5.74, 6) is -0.591. The van der Waals surface area contributed by atoms with Gasteiger partial charge < -0.3 is 10.1 Å². The number of benzene rings is 2. The molecule has 1 N–H and O–H groups in total. The standard InChI is InChI=1S/C16H15NO3/c1-20-16(19)14-9-7-13(8-10-14)15(18)17-11-12-5-3-2-4-6-12/h2-10H,11H2,1H3,(H,17,18). The molecule has 4 heteroatoms. The topological polar surface area (TPSA) is 55.4 Å². The lowest BCUT2D eigenvalue weighted by Crippen LogP contribution is -2.22. The molecule has 0 saturated heterocycles. The number of carbonyl (C=O) groups is 2. The SMILES string of the molecule is COC(=O)c1ccc(C(=O)NCc2ccccc2)cc1. The summed E-state index contributed by atoms with van der Waals surface area (Å²) in [4.78, 5) is 23.2. The molecule has 0 saturated carbocycles. The van der Waals surface area contributed by atoms with Gasteiger partial charge in [0, 0.05) is 12.1 Å². The Kier molecular flexibility index (Phi) is 4.50. The van der Waals surface area contributed by atoms with Crippen molar-refractivity contribution in [3.05, 3.63) is 71.3 Å². The van der Waals surface area contributed by atoms with Gasteiger partial charge in [0.1, 0.15) is 0 Å². The molecule has 0 aliphatic rings. The second-order valence-corrected chi connectivity index (χ2v) is 4.24. The number of esters is 1. The third-order valence-electron chi connectivity index (χ3n) is 2.86. The van der Waals surface area contributed by atoms with Gasteiger partial charge in [-0.15, -0.1) is 0 Å². The van der Waals surface area contributed by atoms with E-state index in [1.807, 2.05) is 30.3 Å². The minimum Gasteiger partial charge on any atom is -0.465 e. The Bertz CT molecular complexity index is 591. The number of hydrogen-bond donors (Lipinski definition) is 1. The van der Waals surface area contributed by atoms with E-state index in [0.29, 0.717) is 17.7 Å². The van der Waals surface area contributed by atoms with Crippen LogP contribution in [0.2, 0.25) is 0 Å². The molecule has 0 aromatic heterocycles. The first-order valence-corrected chi connectivity index (χ1v) is 6.21. The van der Waals surface area contributed by atoms with Crippen LogP contribution in [-0.4, -0.2) is 19.0 Å². The fourth-order valence-electron chi connectivity index (χ4n) is 1.76. The predicted molar refractivity (Wildman–Crippen MR) is 75.4 cm³/mol. The first kappa shape index (κ1) is 13.8. The van der Waals surface area contributed by atoms with Crippen LogP contribution in [-0.2, 0) is 11.3 Å². The number of amides is 1. The van der Waals surface area contributed by atoms with Crippen molar-refractivity contribution in [3.8, 4) is 0 Å². The lowest BCUT2D eigenvalue weighted by atomic mass is 10.1. The molecule has 1 amide bonds. The molecule has 2 rings (SSSR count). The summed E-state index contributed by atoms with van der Waals surface area (Å²) in [6.07, 6.45) is 0. The summed E-state index contributed by atoms with van der Waals surface area (Å²) in [5, 5.41) is 2.82. The Morgan fingerprint density at radius 1 is 0.950 bits per heavy atom. The van der Waals surface area contributed by atoms with Crippen molar-refractivity contribution in [2.24, 2.45) is 0 Å². The molecule has 0 atom stereocenters. The first-order chi connectivity index (χ1) is 9.70. The maximum atomic E-state index is 11.9. The minimum atomic E-state index is -0.416. The Balaban J connectivity index is 1.97. The molecule has 2 aromatic rings. The maximum absolute atomic E-state index is 11.9. The van der Waals surface area contributed by atoms with E-state index in [1.54, 1.807) is 24.3 Å². The van der Waals surface area contributed by atoms with Gasteiger partial charge in [-0.3, -0.25) is 4.79 Å². The van der Waals surface area contributed by atoms with Crippen LogP contribution in [0, 0.1) is 0 Å². The molecule has 20 heavy (non-hydrogen) atoms. The van der Waals surface area contributed by atoms with Gasteiger partial charge in [-0.05, 0) is 29.8 Å². The molecule has 0 radical (unpaired) electrons. The zero-order chi connectivity index (χ0) is 14.4. The zero-order valence-corrected chi connectivity index (χ0v) is 11.1. The largest absolute Gasteiger partial charge is 0.465 e. The van der Waals surface area contributed by atoms with Crippen molar-refractivity contribution < 1.29 is 14.3 Å². The van der Waals surface area contributed by atoms with Crippen LogP contribution < -0.4 is 5.32 Å². The van der Waals surface area contributed by atoms with Gasteiger partial charge in [0.05, 0.1) is 12.7 Å². The molecule has 2 aromatic carbocycles. The Morgan fingerprint density at radius 3 is 2.15 bits per heavy atom. The van der Waals surface area contributed by atoms with Crippen LogP contribution in [0.15, 0.2) is 54.6 Å². The van der Waals surface area contributed by atoms with Gasteiger partial charge in [0.15, 0.2) is 0 Å². The monoisotopic (exact) mass is 269 g/mol. The number of rotatable bonds is 4. The first-order valence-electron chi connectivity index (χ1n) is 6.21. The molecule has 4 nitrogen and oxygen atoms in total. The molecule has 0 aliphatic carbocycles. The van der Waals surface area contributed by atoms with Crippen LogP contribution in [0.1, 0.15) is 26.3 Å². The third kappa shape index (κ3) is 3.45. The predicted octanol–water partition coefficient (Wildman–Crippen LogP) is 2.40. The second-order valence-electron chi connectivity index (χ2n) is 4.24. The number of methoxy groups -OCH3 is 1. The number of nitrogens with one attached hydrogen (secondary N) is 1. The molecule has 0 spiro atoms. The molecule has 0 fully saturated rings. The molecular weight excluding hydrogens is 254 g/mol. The number of hydrogen-bond acceptors (Lipinski definition) is 3. The van der Waals surface area contributed by atoms with Crippen molar-refractivity contribution in [2.75, 3.05) is 7.11 Å². The van der Waals surface area contributed by atoms with Crippen molar-refractivity contribution in [3.63, 3.8) is 0 Å². The molecule has 0 unspecified atom stereocenters. The lowest BCUT2D eigenvalue weighted by molar-refractivity contribution is 0.0600. The summed E-state index contributed by atoms with van der Waals surface area (Å²) >= 11 is 0. The number of ether oxygens (including phenoxy) is 1. The van der Waals surface area contributed by atoms with Crippen LogP contribution in [0.25, 0.3) is 0 Å². The fraction of sp³-hybridized carbons (Fsp3) is 0.125. The van der Waals surface area contributed by atoms with Crippen LogP contribution in [0.3, 0.4) is 0 Å². The highest BCUT2D eigenvalue weighted by Gasteiger charge is 2.08. The van der Waals surface area contributed by atoms with E-state index in [0.717, 1.165) is 5.56 Å². The summed E-state index contributed by atoms with van der Waals surface area (Å²) in [6, 6.07) is 16.0. The fourth-order valence-corrected chi connectivity index (χ4v) is 1.76. The van der Waals surface area contributed by atoms with Gasteiger partial charge in [-0.25, -0.2) is 4.79 Å². The summed E-state index contributed by atoms with van der Waals surface area (Å²) in [5.41, 5.74) is 1.97. The van der Waals surface area contributed by atoms with Crippen LogP contribution >= 0.6 is 0 Å². The van der Waals surface area contributed by atoms with Crippen molar-refractivity contribution >= 4 is 11.9 Å². The van der Waals surface area contributed by atoms with Crippen molar-refractivity contribution in [2.45, 2.75) is 6.54 Å². The van der Waals surface area contributed by atoms with Crippen LogP contribution in [0.5, 0.6) is 0 Å². The normalized spacial score (nSPS) is 9.85. The third-order valence-corrected chi connectivity index (χ3v) is 2.86. The van der Waals surface area contributed by atoms with Gasteiger partial charge >= 0.3 is 5.97 Å². The van der Waals surface area contributed by atoms with E-state index < -0.39 is 5.97 Å². The molecule has 102 valence electrons. The minimum absolute atomic E-state index is 0.176. The van der Waals surface area contributed by atoms with E-state index in [-0.39, 0.29) is 5.91 Å². The average molecular weight is 269 g/mol. The molecule has 0 aliphatic heterocycles. The van der Waals surface area contributed by atoms with Gasteiger partial charge in [0.25, 0.3) is 5.91 Å². The van der Waals surface area contributed by atoms with E-state index in [4.69, 9.17) is 0 Å². The summed E-state index contributed by atoms with van der Waals surface area (Å²) in [7, 11) is 1.32. The Morgan fingerprint density at radius 2 is 1.55 bits per heavy atom. The Hall–Kier alpha value is -2.62.